The van der Waals surface area contributed by atoms with Gasteiger partial charge in [0, 0.05) is 18.3 Å². The first-order chi connectivity index (χ1) is 12.6. The maximum Gasteiger partial charge on any atom is 0.349 e. The zero-order chi connectivity index (χ0) is 18.3. The molecule has 3 aromatic rings. The summed E-state index contributed by atoms with van der Waals surface area (Å²) in [5.41, 5.74) is -0.200. The third kappa shape index (κ3) is 2.83. The average molecular weight is 353 g/mol. The van der Waals surface area contributed by atoms with Gasteiger partial charge in [0.25, 0.3) is 0 Å². The van der Waals surface area contributed by atoms with Crippen LogP contribution in [0, 0.1) is 5.82 Å². The van der Waals surface area contributed by atoms with E-state index in [9.17, 15) is 14.0 Å². The Balaban J connectivity index is 1.89. The van der Waals surface area contributed by atoms with Crippen molar-refractivity contribution in [2.24, 2.45) is 0 Å². The SMILES string of the molecule is COc1cc(F)cc2c(=O)c(C(=O)Oc3ccccc3)cn(C3CC3)c12. The molecule has 1 aliphatic carbocycles. The lowest BCUT2D eigenvalue weighted by Gasteiger charge is -2.15. The molecule has 0 radical (unpaired) electrons. The molecule has 6 heteroatoms. The first-order valence-corrected chi connectivity index (χ1v) is 8.28. The number of methoxy groups -OCH3 is 1. The fourth-order valence-corrected chi connectivity index (χ4v) is 3.01. The minimum atomic E-state index is -0.763. The van der Waals surface area contributed by atoms with Crippen LogP contribution in [-0.2, 0) is 0 Å². The highest BCUT2D eigenvalue weighted by molar-refractivity contribution is 5.96. The number of para-hydroxylation sites is 1. The molecule has 5 nitrogen and oxygen atoms in total. The number of hydrogen-bond acceptors (Lipinski definition) is 4. The highest BCUT2D eigenvalue weighted by atomic mass is 19.1. The Morgan fingerprint density at radius 2 is 1.92 bits per heavy atom. The number of hydrogen-bond donors (Lipinski definition) is 0. The summed E-state index contributed by atoms with van der Waals surface area (Å²) in [7, 11) is 1.42. The van der Waals surface area contributed by atoms with Crippen molar-refractivity contribution < 1.29 is 18.7 Å². The van der Waals surface area contributed by atoms with E-state index in [1.165, 1.54) is 19.4 Å². The largest absolute Gasteiger partial charge is 0.494 e. The smallest absolute Gasteiger partial charge is 0.349 e. The molecule has 1 heterocycles. The van der Waals surface area contributed by atoms with Gasteiger partial charge in [0.2, 0.25) is 5.43 Å². The lowest BCUT2D eigenvalue weighted by Crippen LogP contribution is -2.22. The maximum absolute atomic E-state index is 13.9. The molecule has 0 spiro atoms. The molecule has 0 N–H and O–H groups in total. The number of fused-ring (bicyclic) bond motifs is 1. The van der Waals surface area contributed by atoms with Crippen LogP contribution in [-0.4, -0.2) is 17.6 Å². The number of rotatable bonds is 4. The van der Waals surface area contributed by atoms with Crippen molar-refractivity contribution in [2.75, 3.05) is 7.11 Å². The van der Waals surface area contributed by atoms with Crippen molar-refractivity contribution in [1.82, 2.24) is 4.57 Å². The first-order valence-electron chi connectivity index (χ1n) is 8.28. The van der Waals surface area contributed by atoms with Crippen LogP contribution in [0.2, 0.25) is 0 Å². The van der Waals surface area contributed by atoms with Crippen LogP contribution in [0.5, 0.6) is 11.5 Å². The Labute approximate surface area is 148 Å². The molecule has 0 aliphatic heterocycles. The normalized spacial score (nSPS) is 13.6. The summed E-state index contributed by atoms with van der Waals surface area (Å²) in [6.07, 6.45) is 3.34. The molecule has 1 saturated carbocycles. The Bertz CT molecular complexity index is 1050. The first kappa shape index (κ1) is 16.3. The van der Waals surface area contributed by atoms with Gasteiger partial charge in [0.05, 0.1) is 18.0 Å². The monoisotopic (exact) mass is 353 g/mol. The van der Waals surface area contributed by atoms with Crippen LogP contribution >= 0.6 is 0 Å². The molecule has 0 bridgehead atoms. The van der Waals surface area contributed by atoms with Gasteiger partial charge in [0.15, 0.2) is 0 Å². The van der Waals surface area contributed by atoms with Gasteiger partial charge in [-0.15, -0.1) is 0 Å². The summed E-state index contributed by atoms with van der Waals surface area (Å²) in [4.78, 5) is 25.4. The van der Waals surface area contributed by atoms with Crippen LogP contribution in [0.1, 0.15) is 29.2 Å². The summed E-state index contributed by atoms with van der Waals surface area (Å²) in [6.45, 7) is 0. The van der Waals surface area contributed by atoms with Crippen molar-refractivity contribution in [2.45, 2.75) is 18.9 Å². The fraction of sp³-hybridized carbons (Fsp3) is 0.200. The topological polar surface area (TPSA) is 57.5 Å². The van der Waals surface area contributed by atoms with Gasteiger partial charge in [-0.1, -0.05) is 18.2 Å². The van der Waals surface area contributed by atoms with Gasteiger partial charge in [-0.05, 0) is 31.0 Å². The van der Waals surface area contributed by atoms with Crippen molar-refractivity contribution in [3.63, 3.8) is 0 Å². The number of carbonyl (C=O) groups excluding carboxylic acids is 1. The van der Waals surface area contributed by atoms with Crippen LogP contribution in [0.3, 0.4) is 0 Å². The summed E-state index contributed by atoms with van der Waals surface area (Å²) < 4.78 is 26.3. The minimum absolute atomic E-state index is 0.108. The van der Waals surface area contributed by atoms with Crippen molar-refractivity contribution >= 4 is 16.9 Å². The van der Waals surface area contributed by atoms with Crippen molar-refractivity contribution in [1.29, 1.82) is 0 Å². The quantitative estimate of drug-likeness (QED) is 0.530. The Kier molecular flexibility index (Phi) is 3.95. The molecular formula is C20H16FNO4. The van der Waals surface area contributed by atoms with E-state index in [0.717, 1.165) is 18.9 Å². The molecule has 0 saturated heterocycles. The van der Waals surface area contributed by atoms with Crippen molar-refractivity contribution in [3.05, 3.63) is 70.3 Å². The number of ether oxygens (including phenoxy) is 2. The third-order valence-electron chi connectivity index (χ3n) is 4.39. The molecule has 26 heavy (non-hydrogen) atoms. The van der Waals surface area contributed by atoms with Crippen LogP contribution in [0.25, 0.3) is 10.9 Å². The summed E-state index contributed by atoms with van der Waals surface area (Å²) in [5.74, 6) is -0.748. The van der Waals surface area contributed by atoms with Gasteiger partial charge in [-0.25, -0.2) is 9.18 Å². The van der Waals surface area contributed by atoms with E-state index in [1.807, 2.05) is 4.57 Å². The number of benzene rings is 2. The van der Waals surface area contributed by atoms with E-state index >= 15 is 0 Å². The van der Waals surface area contributed by atoms with Gasteiger partial charge in [-0.3, -0.25) is 4.79 Å². The second kappa shape index (κ2) is 6.29. The van der Waals surface area contributed by atoms with Crippen molar-refractivity contribution in [3.8, 4) is 11.5 Å². The van der Waals surface area contributed by atoms with E-state index in [1.54, 1.807) is 30.3 Å². The molecule has 132 valence electrons. The average Bonchev–Trinajstić information content (AvgIpc) is 3.47. The second-order valence-electron chi connectivity index (χ2n) is 6.22. The van der Waals surface area contributed by atoms with E-state index in [0.29, 0.717) is 11.3 Å². The second-order valence-corrected chi connectivity index (χ2v) is 6.22. The molecule has 1 fully saturated rings. The third-order valence-corrected chi connectivity index (χ3v) is 4.39. The van der Waals surface area contributed by atoms with E-state index in [-0.39, 0.29) is 22.7 Å². The Hall–Kier alpha value is -3.15. The number of halogens is 1. The zero-order valence-electron chi connectivity index (χ0n) is 14.1. The van der Waals surface area contributed by atoms with Crippen LogP contribution in [0.15, 0.2) is 53.5 Å². The number of carbonyl (C=O) groups is 1. The highest BCUT2D eigenvalue weighted by Crippen LogP contribution is 2.39. The van der Waals surface area contributed by atoms with Gasteiger partial charge in [-0.2, -0.15) is 0 Å². The molecular weight excluding hydrogens is 337 g/mol. The molecule has 0 unspecified atom stereocenters. The Morgan fingerprint density at radius 3 is 2.58 bits per heavy atom. The van der Waals surface area contributed by atoms with Crippen LogP contribution < -0.4 is 14.9 Å². The van der Waals surface area contributed by atoms with Gasteiger partial charge in [0.1, 0.15) is 22.9 Å². The standard InChI is InChI=1S/C20H16FNO4/c1-25-17-10-12(21)9-15-18(17)22(13-7-8-13)11-16(19(15)23)20(24)26-14-5-3-2-4-6-14/h2-6,9-11,13H,7-8H2,1H3. The zero-order valence-corrected chi connectivity index (χ0v) is 14.1. The predicted octanol–water partition coefficient (Wildman–Crippen LogP) is 3.70. The summed E-state index contributed by atoms with van der Waals surface area (Å²) >= 11 is 0. The van der Waals surface area contributed by atoms with E-state index in [2.05, 4.69) is 0 Å². The number of aromatic nitrogens is 1. The lowest BCUT2D eigenvalue weighted by molar-refractivity contribution is 0.0732. The lowest BCUT2D eigenvalue weighted by atomic mass is 10.1. The molecule has 0 amide bonds. The molecule has 0 atom stereocenters. The Morgan fingerprint density at radius 1 is 1.19 bits per heavy atom. The molecule has 2 aromatic carbocycles. The van der Waals surface area contributed by atoms with Crippen LogP contribution in [0.4, 0.5) is 4.39 Å². The fourth-order valence-electron chi connectivity index (χ4n) is 3.01. The van der Waals surface area contributed by atoms with Gasteiger partial charge >= 0.3 is 5.97 Å². The highest BCUT2D eigenvalue weighted by Gasteiger charge is 2.29. The summed E-state index contributed by atoms with van der Waals surface area (Å²) in [6, 6.07) is 11.0. The summed E-state index contributed by atoms with van der Waals surface area (Å²) in [5, 5.41) is 0.108. The van der Waals surface area contributed by atoms with E-state index in [4.69, 9.17) is 9.47 Å². The predicted molar refractivity (Wildman–Crippen MR) is 94.4 cm³/mol. The minimum Gasteiger partial charge on any atom is -0.494 e. The molecule has 1 aromatic heterocycles. The van der Waals surface area contributed by atoms with Gasteiger partial charge < -0.3 is 14.0 Å². The maximum atomic E-state index is 13.9. The number of esters is 1. The van der Waals surface area contributed by atoms with E-state index < -0.39 is 17.2 Å². The number of nitrogens with zero attached hydrogens (tertiary/aromatic N) is 1. The molecule has 4 rings (SSSR count). The number of pyridine rings is 1. The molecule has 1 aliphatic rings.